The van der Waals surface area contributed by atoms with Crippen LogP contribution in [-0.4, -0.2) is 24.5 Å². The molecule has 0 saturated heterocycles. The first-order chi connectivity index (χ1) is 10.4. The van der Waals surface area contributed by atoms with Gasteiger partial charge in [0.2, 0.25) is 5.91 Å². The van der Waals surface area contributed by atoms with E-state index in [1.807, 2.05) is 26.8 Å². The number of fused-ring (bicyclic) bond motifs is 1. The molecule has 2 rings (SSSR count). The Morgan fingerprint density at radius 2 is 2.14 bits per heavy atom. The summed E-state index contributed by atoms with van der Waals surface area (Å²) in [6.45, 7) is 6.66. The van der Waals surface area contributed by atoms with E-state index in [1.54, 1.807) is 4.90 Å². The molecule has 22 heavy (non-hydrogen) atoms. The van der Waals surface area contributed by atoms with Gasteiger partial charge in [-0.2, -0.15) is 0 Å². The Labute approximate surface area is 131 Å². The molecule has 1 heterocycles. The lowest BCUT2D eigenvalue weighted by Gasteiger charge is -2.34. The van der Waals surface area contributed by atoms with Crippen molar-refractivity contribution >= 4 is 17.6 Å². The number of benzene rings is 1. The van der Waals surface area contributed by atoms with E-state index in [0.29, 0.717) is 6.54 Å². The SMILES string of the molecule is CC[C@@H](C)[C@@H](NC(N)=O)C(=O)N1CCCc2ccc(C)cc21. The number of hydrogen-bond acceptors (Lipinski definition) is 2. The number of aryl methyl sites for hydroxylation is 2. The molecule has 0 fully saturated rings. The summed E-state index contributed by atoms with van der Waals surface area (Å²) in [4.78, 5) is 26.0. The Balaban J connectivity index is 2.32. The summed E-state index contributed by atoms with van der Waals surface area (Å²) in [5.41, 5.74) is 8.53. The molecule has 5 nitrogen and oxygen atoms in total. The first-order valence-corrected chi connectivity index (χ1v) is 7.91. The van der Waals surface area contributed by atoms with Crippen LogP contribution in [0.3, 0.4) is 0 Å². The molecule has 3 amide bonds. The number of nitrogens with one attached hydrogen (secondary N) is 1. The van der Waals surface area contributed by atoms with Gasteiger partial charge < -0.3 is 16.0 Å². The van der Waals surface area contributed by atoms with E-state index in [4.69, 9.17) is 5.73 Å². The minimum absolute atomic E-state index is 0.0372. The van der Waals surface area contributed by atoms with E-state index >= 15 is 0 Å². The van der Waals surface area contributed by atoms with Gasteiger partial charge >= 0.3 is 6.03 Å². The molecule has 0 bridgehead atoms. The smallest absolute Gasteiger partial charge is 0.312 e. The van der Waals surface area contributed by atoms with Crippen molar-refractivity contribution in [3.8, 4) is 0 Å². The number of nitrogens with two attached hydrogens (primary N) is 1. The van der Waals surface area contributed by atoms with E-state index in [1.165, 1.54) is 5.56 Å². The zero-order chi connectivity index (χ0) is 16.3. The van der Waals surface area contributed by atoms with Crippen molar-refractivity contribution in [2.24, 2.45) is 11.7 Å². The Bertz CT molecular complexity index is 571. The van der Waals surface area contributed by atoms with Gasteiger partial charge in [-0.05, 0) is 42.9 Å². The molecule has 0 spiro atoms. The first kappa shape index (κ1) is 16.3. The van der Waals surface area contributed by atoms with Crippen LogP contribution in [0.1, 0.15) is 37.8 Å². The molecule has 1 aliphatic heterocycles. The molecule has 0 unspecified atom stereocenters. The van der Waals surface area contributed by atoms with Crippen molar-refractivity contribution in [1.29, 1.82) is 0 Å². The normalized spacial score (nSPS) is 16.6. The van der Waals surface area contributed by atoms with Gasteiger partial charge in [-0.15, -0.1) is 0 Å². The van der Waals surface area contributed by atoms with Crippen LogP contribution in [0.4, 0.5) is 10.5 Å². The quantitative estimate of drug-likeness (QED) is 0.896. The predicted octanol–water partition coefficient (Wildman–Crippen LogP) is 2.36. The first-order valence-electron chi connectivity index (χ1n) is 7.91. The molecule has 0 aliphatic carbocycles. The summed E-state index contributed by atoms with van der Waals surface area (Å²) in [6.07, 6.45) is 2.72. The maximum absolute atomic E-state index is 13.0. The van der Waals surface area contributed by atoms with Gasteiger partial charge in [-0.25, -0.2) is 4.79 Å². The minimum Gasteiger partial charge on any atom is -0.352 e. The van der Waals surface area contributed by atoms with Gasteiger partial charge in [0, 0.05) is 12.2 Å². The van der Waals surface area contributed by atoms with Crippen molar-refractivity contribution in [2.45, 2.75) is 46.1 Å². The molecule has 0 radical (unpaired) electrons. The number of primary amides is 1. The number of carbonyl (C=O) groups excluding carboxylic acids is 2. The predicted molar refractivity (Wildman–Crippen MR) is 87.8 cm³/mol. The van der Waals surface area contributed by atoms with Crippen LogP contribution < -0.4 is 16.0 Å². The van der Waals surface area contributed by atoms with Crippen molar-refractivity contribution in [2.75, 3.05) is 11.4 Å². The standard InChI is InChI=1S/C17H25N3O2/c1-4-12(3)15(19-17(18)22)16(21)20-9-5-6-13-8-7-11(2)10-14(13)20/h7-8,10,12,15H,4-6,9H2,1-3H3,(H3,18,19,22)/t12-,15-/m1/s1. The van der Waals surface area contributed by atoms with Crippen molar-refractivity contribution in [3.05, 3.63) is 29.3 Å². The lowest BCUT2D eigenvalue weighted by molar-refractivity contribution is -0.121. The minimum atomic E-state index is -0.653. The van der Waals surface area contributed by atoms with Crippen LogP contribution in [0.2, 0.25) is 0 Å². The zero-order valence-electron chi connectivity index (χ0n) is 13.6. The van der Waals surface area contributed by atoms with E-state index in [0.717, 1.165) is 30.5 Å². The van der Waals surface area contributed by atoms with Crippen LogP contribution in [-0.2, 0) is 11.2 Å². The summed E-state index contributed by atoms with van der Waals surface area (Å²) in [7, 11) is 0. The van der Waals surface area contributed by atoms with Crippen molar-refractivity contribution < 1.29 is 9.59 Å². The lowest BCUT2D eigenvalue weighted by atomic mass is 9.94. The second-order valence-electron chi connectivity index (χ2n) is 6.10. The summed E-state index contributed by atoms with van der Waals surface area (Å²) in [6, 6.07) is 4.98. The topological polar surface area (TPSA) is 75.4 Å². The second kappa shape index (κ2) is 6.81. The third-order valence-corrected chi connectivity index (χ3v) is 4.40. The van der Waals surface area contributed by atoms with Crippen molar-refractivity contribution in [3.63, 3.8) is 0 Å². The van der Waals surface area contributed by atoms with Gasteiger partial charge in [-0.3, -0.25) is 4.79 Å². The monoisotopic (exact) mass is 303 g/mol. The largest absolute Gasteiger partial charge is 0.352 e. The van der Waals surface area contributed by atoms with Crippen LogP contribution in [0.25, 0.3) is 0 Å². The number of hydrogen-bond donors (Lipinski definition) is 2. The average molecular weight is 303 g/mol. The fourth-order valence-electron chi connectivity index (χ4n) is 2.92. The number of amides is 3. The molecule has 1 aromatic carbocycles. The average Bonchev–Trinajstić information content (AvgIpc) is 2.50. The van der Waals surface area contributed by atoms with Gasteiger partial charge in [-0.1, -0.05) is 32.4 Å². The highest BCUT2D eigenvalue weighted by Crippen LogP contribution is 2.29. The molecule has 1 aromatic rings. The van der Waals surface area contributed by atoms with Crippen LogP contribution in [0.5, 0.6) is 0 Å². The zero-order valence-corrected chi connectivity index (χ0v) is 13.6. The number of nitrogens with zero attached hydrogens (tertiary/aromatic N) is 1. The molecule has 5 heteroatoms. The number of carbonyl (C=O) groups is 2. The second-order valence-corrected chi connectivity index (χ2v) is 6.10. The van der Waals surface area contributed by atoms with Gasteiger partial charge in [0.1, 0.15) is 6.04 Å². The molecular weight excluding hydrogens is 278 g/mol. The van der Waals surface area contributed by atoms with Crippen LogP contribution >= 0.6 is 0 Å². The summed E-state index contributed by atoms with van der Waals surface area (Å²) in [5, 5.41) is 2.62. The highest BCUT2D eigenvalue weighted by Gasteiger charge is 2.32. The molecule has 120 valence electrons. The van der Waals surface area contributed by atoms with Gasteiger partial charge in [0.15, 0.2) is 0 Å². The molecule has 3 N–H and O–H groups in total. The third-order valence-electron chi connectivity index (χ3n) is 4.40. The summed E-state index contributed by atoms with van der Waals surface area (Å²) < 4.78 is 0. The number of urea groups is 1. The molecule has 2 atom stereocenters. The highest BCUT2D eigenvalue weighted by atomic mass is 16.2. The van der Waals surface area contributed by atoms with Crippen molar-refractivity contribution in [1.82, 2.24) is 5.32 Å². The van der Waals surface area contributed by atoms with Gasteiger partial charge in [0.05, 0.1) is 0 Å². The lowest BCUT2D eigenvalue weighted by Crippen LogP contribution is -2.54. The van der Waals surface area contributed by atoms with Gasteiger partial charge in [0.25, 0.3) is 0 Å². The Morgan fingerprint density at radius 3 is 2.77 bits per heavy atom. The Hall–Kier alpha value is -2.04. The Kier molecular flexibility index (Phi) is 5.06. The summed E-state index contributed by atoms with van der Waals surface area (Å²) >= 11 is 0. The maximum atomic E-state index is 13.0. The Morgan fingerprint density at radius 1 is 1.41 bits per heavy atom. The molecule has 0 aromatic heterocycles. The highest BCUT2D eigenvalue weighted by molar-refractivity contribution is 6.00. The molecule has 0 saturated carbocycles. The maximum Gasteiger partial charge on any atom is 0.312 e. The molecular formula is C17H25N3O2. The summed E-state index contributed by atoms with van der Waals surface area (Å²) in [5.74, 6) is -0.0325. The van der Waals surface area contributed by atoms with Crippen LogP contribution in [0, 0.1) is 12.8 Å². The molecule has 1 aliphatic rings. The van der Waals surface area contributed by atoms with E-state index < -0.39 is 12.1 Å². The van der Waals surface area contributed by atoms with E-state index in [9.17, 15) is 9.59 Å². The van der Waals surface area contributed by atoms with Crippen LogP contribution in [0.15, 0.2) is 18.2 Å². The number of rotatable bonds is 4. The number of anilines is 1. The van der Waals surface area contributed by atoms with E-state index in [-0.39, 0.29) is 11.8 Å². The fourth-order valence-corrected chi connectivity index (χ4v) is 2.92. The van der Waals surface area contributed by atoms with E-state index in [2.05, 4.69) is 17.4 Å². The fraction of sp³-hybridized carbons (Fsp3) is 0.529. The third kappa shape index (κ3) is 3.40.